The van der Waals surface area contributed by atoms with Gasteiger partial charge < -0.3 is 19.9 Å². The molecule has 2 N–H and O–H groups in total. The van der Waals surface area contributed by atoms with Crippen molar-refractivity contribution in [3.05, 3.63) is 70.3 Å². The Morgan fingerprint density at radius 2 is 2.00 bits per heavy atom. The molecule has 0 bridgehead atoms. The molecule has 0 aliphatic carbocycles. The SMILES string of the molecule is O=C1Nc2ccc(Cl)c(F)c2[C@]2(CCN(c3cc(C(=O)NCc4ccc(N5CC[C@H](C(F)(F)F)C5)nc4)cnn3)C2)O1. The molecular formula is C27H24ClF4N7O3. The number of benzene rings is 1. The number of hydrogen-bond donors (Lipinski definition) is 2. The van der Waals surface area contributed by atoms with E-state index in [0.717, 1.165) is 0 Å². The van der Waals surface area contributed by atoms with Gasteiger partial charge in [-0.15, -0.1) is 5.10 Å². The lowest BCUT2D eigenvalue weighted by atomic mass is 9.89. The summed E-state index contributed by atoms with van der Waals surface area (Å²) >= 11 is 6.02. The molecule has 1 aromatic carbocycles. The highest BCUT2D eigenvalue weighted by Gasteiger charge is 2.50. The lowest BCUT2D eigenvalue weighted by Crippen LogP contribution is -2.42. The smallest absolute Gasteiger partial charge is 0.412 e. The predicted octanol–water partition coefficient (Wildman–Crippen LogP) is 4.65. The number of amides is 2. The Hall–Kier alpha value is -4.20. The molecule has 6 rings (SSSR count). The van der Waals surface area contributed by atoms with Gasteiger partial charge >= 0.3 is 12.3 Å². The standard InChI is InChI=1S/C27H24ClF4N7O3/c28-18-2-3-19-22(23(18)29)26(42-25(41)36-19)6-8-39(14-26)21-9-16(12-35-37-21)24(40)34-11-15-1-4-20(33-10-15)38-7-5-17(13-38)27(30,31)32/h1-4,9-10,12,17H,5-8,11,13-14H2,(H,34,40)(H,36,41)/t17-,26+/m0/s1. The molecule has 0 unspecified atom stereocenters. The second-order valence-electron chi connectivity index (χ2n) is 10.4. The van der Waals surface area contributed by atoms with Crippen LogP contribution >= 0.6 is 11.6 Å². The van der Waals surface area contributed by atoms with E-state index in [1.54, 1.807) is 21.9 Å². The summed E-state index contributed by atoms with van der Waals surface area (Å²) in [7, 11) is 0. The number of pyridine rings is 1. The molecule has 220 valence electrons. The van der Waals surface area contributed by atoms with Gasteiger partial charge in [-0.25, -0.2) is 14.2 Å². The van der Waals surface area contributed by atoms with Gasteiger partial charge in [0.05, 0.1) is 40.5 Å². The minimum Gasteiger partial charge on any atom is -0.436 e. The number of hydrogen-bond acceptors (Lipinski definition) is 8. The van der Waals surface area contributed by atoms with E-state index in [0.29, 0.717) is 23.7 Å². The van der Waals surface area contributed by atoms with Crippen molar-refractivity contribution >= 4 is 40.9 Å². The van der Waals surface area contributed by atoms with Gasteiger partial charge in [0.15, 0.2) is 17.2 Å². The van der Waals surface area contributed by atoms with Crippen LogP contribution in [0, 0.1) is 11.7 Å². The number of anilines is 3. The van der Waals surface area contributed by atoms with Crippen LogP contribution < -0.4 is 20.4 Å². The first-order valence-electron chi connectivity index (χ1n) is 13.1. The third kappa shape index (κ3) is 5.26. The zero-order chi connectivity index (χ0) is 29.6. The van der Waals surface area contributed by atoms with Gasteiger partial charge in [0.25, 0.3) is 5.91 Å². The van der Waals surface area contributed by atoms with Crippen LogP contribution in [0.25, 0.3) is 0 Å². The summed E-state index contributed by atoms with van der Waals surface area (Å²) in [4.78, 5) is 32.8. The Kier molecular flexibility index (Phi) is 7.03. The van der Waals surface area contributed by atoms with Crippen molar-refractivity contribution in [1.29, 1.82) is 0 Å². The number of alkyl halides is 3. The summed E-state index contributed by atoms with van der Waals surface area (Å²) in [5, 5.41) is 13.2. The Balaban J connectivity index is 1.10. The molecule has 15 heteroatoms. The highest BCUT2D eigenvalue weighted by Crippen LogP contribution is 2.46. The molecule has 5 heterocycles. The van der Waals surface area contributed by atoms with Gasteiger partial charge in [-0.05, 0) is 36.2 Å². The van der Waals surface area contributed by atoms with Crippen molar-refractivity contribution < 1.29 is 31.9 Å². The van der Waals surface area contributed by atoms with Crippen LogP contribution in [0.15, 0.2) is 42.7 Å². The number of nitrogens with zero attached hydrogens (tertiary/aromatic N) is 5. The van der Waals surface area contributed by atoms with Crippen molar-refractivity contribution in [1.82, 2.24) is 20.5 Å². The highest BCUT2D eigenvalue weighted by molar-refractivity contribution is 6.31. The number of aromatic nitrogens is 3. The minimum atomic E-state index is -4.23. The van der Waals surface area contributed by atoms with Crippen molar-refractivity contribution in [2.24, 2.45) is 5.92 Å². The molecule has 0 radical (unpaired) electrons. The third-order valence-electron chi connectivity index (χ3n) is 7.77. The number of nitrogens with one attached hydrogen (secondary N) is 2. The van der Waals surface area contributed by atoms with Crippen LogP contribution in [0.1, 0.15) is 34.3 Å². The first-order valence-corrected chi connectivity index (χ1v) is 13.5. The molecule has 2 amide bonds. The molecule has 1 spiro atoms. The fourth-order valence-electron chi connectivity index (χ4n) is 5.59. The van der Waals surface area contributed by atoms with Crippen LogP contribution in [-0.2, 0) is 16.9 Å². The molecule has 0 saturated carbocycles. The van der Waals surface area contributed by atoms with Crippen LogP contribution in [0.5, 0.6) is 0 Å². The van der Waals surface area contributed by atoms with E-state index in [1.165, 1.54) is 30.6 Å². The molecule has 2 saturated heterocycles. The molecule has 3 aromatic rings. The van der Waals surface area contributed by atoms with Gasteiger partial charge in [0, 0.05) is 38.8 Å². The van der Waals surface area contributed by atoms with Gasteiger partial charge in [0.1, 0.15) is 5.82 Å². The molecule has 10 nitrogen and oxygen atoms in total. The first kappa shape index (κ1) is 27.9. The fraction of sp³-hybridized carbons (Fsp3) is 0.370. The summed E-state index contributed by atoms with van der Waals surface area (Å²) in [6, 6.07) is 7.75. The Bertz CT molecular complexity index is 1540. The second kappa shape index (κ2) is 10.6. The molecule has 2 atom stereocenters. The Morgan fingerprint density at radius 1 is 1.17 bits per heavy atom. The monoisotopic (exact) mass is 605 g/mol. The maximum Gasteiger partial charge on any atom is 0.412 e. The lowest BCUT2D eigenvalue weighted by Gasteiger charge is -2.35. The van der Waals surface area contributed by atoms with E-state index in [-0.39, 0.29) is 60.9 Å². The van der Waals surface area contributed by atoms with Crippen molar-refractivity contribution in [2.75, 3.05) is 41.3 Å². The van der Waals surface area contributed by atoms with Crippen LogP contribution in [-0.4, -0.2) is 59.5 Å². The van der Waals surface area contributed by atoms with Gasteiger partial charge in [0.2, 0.25) is 0 Å². The van der Waals surface area contributed by atoms with Crippen molar-refractivity contribution in [2.45, 2.75) is 31.2 Å². The number of fused-ring (bicyclic) bond motifs is 2. The predicted molar refractivity (Wildman–Crippen MR) is 144 cm³/mol. The normalized spacial score (nSPS) is 21.7. The summed E-state index contributed by atoms with van der Waals surface area (Å²) in [6.45, 7) is 0.690. The molecule has 3 aliphatic heterocycles. The van der Waals surface area contributed by atoms with Crippen molar-refractivity contribution in [3.8, 4) is 0 Å². The summed E-state index contributed by atoms with van der Waals surface area (Å²) in [5.41, 5.74) is 0.0208. The maximum absolute atomic E-state index is 15.1. The molecule has 3 aliphatic rings. The zero-order valence-electron chi connectivity index (χ0n) is 21.9. The van der Waals surface area contributed by atoms with Crippen LogP contribution in [0.2, 0.25) is 5.02 Å². The van der Waals surface area contributed by atoms with Crippen molar-refractivity contribution in [3.63, 3.8) is 0 Å². The van der Waals surface area contributed by atoms with Crippen LogP contribution in [0.4, 0.5) is 39.7 Å². The van der Waals surface area contributed by atoms with Gasteiger partial charge in [-0.1, -0.05) is 17.7 Å². The van der Waals surface area contributed by atoms with E-state index < -0.39 is 35.5 Å². The Labute approximate surface area is 242 Å². The average molecular weight is 606 g/mol. The summed E-state index contributed by atoms with van der Waals surface area (Å²) < 4.78 is 59.6. The number of ether oxygens (including phenoxy) is 1. The highest BCUT2D eigenvalue weighted by atomic mass is 35.5. The third-order valence-corrected chi connectivity index (χ3v) is 8.06. The first-order chi connectivity index (χ1) is 20.0. The minimum absolute atomic E-state index is 0.0320. The van der Waals surface area contributed by atoms with E-state index in [4.69, 9.17) is 16.3 Å². The molecular weight excluding hydrogens is 582 g/mol. The Morgan fingerprint density at radius 3 is 2.74 bits per heavy atom. The average Bonchev–Trinajstić information content (AvgIpc) is 3.63. The molecule has 2 fully saturated rings. The van der Waals surface area contributed by atoms with E-state index in [2.05, 4.69) is 25.8 Å². The van der Waals surface area contributed by atoms with E-state index in [1.807, 2.05) is 0 Å². The molecule has 42 heavy (non-hydrogen) atoms. The second-order valence-corrected chi connectivity index (χ2v) is 10.9. The fourth-order valence-corrected chi connectivity index (χ4v) is 5.75. The zero-order valence-corrected chi connectivity index (χ0v) is 22.7. The van der Waals surface area contributed by atoms with Gasteiger partial charge in [-0.3, -0.25) is 10.1 Å². The number of halogens is 5. The molecule has 2 aromatic heterocycles. The summed E-state index contributed by atoms with van der Waals surface area (Å²) in [6.07, 6.45) is -1.83. The largest absolute Gasteiger partial charge is 0.436 e. The maximum atomic E-state index is 15.1. The number of carbonyl (C=O) groups is 2. The summed E-state index contributed by atoms with van der Waals surface area (Å²) in [5.74, 6) is -1.69. The quantitative estimate of drug-likeness (QED) is 0.404. The van der Waals surface area contributed by atoms with Crippen LogP contribution in [0.3, 0.4) is 0 Å². The van der Waals surface area contributed by atoms with Gasteiger partial charge in [-0.2, -0.15) is 18.3 Å². The lowest BCUT2D eigenvalue weighted by molar-refractivity contribution is -0.168. The topological polar surface area (TPSA) is 113 Å². The van der Waals surface area contributed by atoms with E-state index in [9.17, 15) is 22.8 Å². The van der Waals surface area contributed by atoms with E-state index >= 15 is 4.39 Å². The number of rotatable bonds is 5. The number of carbonyl (C=O) groups excluding carboxylic acids is 2.